The quantitative estimate of drug-likeness (QED) is 0.663. The molecule has 0 atom stereocenters. The van der Waals surface area contributed by atoms with Crippen LogP contribution in [0.5, 0.6) is 0 Å². The summed E-state index contributed by atoms with van der Waals surface area (Å²) in [7, 11) is 0. The molecule has 122 valence electrons. The molecule has 0 bridgehead atoms. The van der Waals surface area contributed by atoms with Crippen LogP contribution in [-0.2, 0) is 19.6 Å². The number of hydrogen-bond donors (Lipinski definition) is 0. The van der Waals surface area contributed by atoms with Gasteiger partial charge in [-0.25, -0.2) is 4.39 Å². The number of benzene rings is 2. The summed E-state index contributed by atoms with van der Waals surface area (Å²) in [5.74, 6) is -0.229. The third-order valence-corrected chi connectivity index (χ3v) is 5.19. The van der Waals surface area contributed by atoms with Crippen molar-refractivity contribution >= 4 is 15.9 Å². The highest BCUT2D eigenvalue weighted by molar-refractivity contribution is 9.10. The van der Waals surface area contributed by atoms with E-state index in [1.165, 1.54) is 23.4 Å². The molecule has 2 heterocycles. The molecule has 2 aromatic carbocycles. The lowest BCUT2D eigenvalue weighted by atomic mass is 10.1. The van der Waals surface area contributed by atoms with Crippen LogP contribution in [-0.4, -0.2) is 21.2 Å². The predicted molar refractivity (Wildman–Crippen MR) is 95.9 cm³/mol. The van der Waals surface area contributed by atoms with Crippen LogP contribution >= 0.6 is 15.9 Å². The second kappa shape index (κ2) is 6.49. The van der Waals surface area contributed by atoms with Crippen molar-refractivity contribution in [1.82, 2.24) is 14.7 Å². The third-order valence-electron chi connectivity index (χ3n) is 4.36. The number of halogens is 2. The monoisotopic (exact) mass is 385 g/mol. The first-order valence-electron chi connectivity index (χ1n) is 7.98. The summed E-state index contributed by atoms with van der Waals surface area (Å²) in [6.45, 7) is 3.62. The highest BCUT2D eigenvalue weighted by Gasteiger charge is 2.23. The minimum Gasteiger partial charge on any atom is -0.291 e. The summed E-state index contributed by atoms with van der Waals surface area (Å²) >= 11 is 3.70. The molecule has 0 aliphatic carbocycles. The molecular formula is C19H17BrFN3. The molecule has 0 saturated heterocycles. The van der Waals surface area contributed by atoms with Crippen molar-refractivity contribution in [3.8, 4) is 11.3 Å². The third kappa shape index (κ3) is 3.01. The highest BCUT2D eigenvalue weighted by Crippen LogP contribution is 2.33. The van der Waals surface area contributed by atoms with Gasteiger partial charge in [-0.1, -0.05) is 30.3 Å². The Bertz CT molecular complexity index is 843. The van der Waals surface area contributed by atoms with Crippen LogP contribution in [0, 0.1) is 5.82 Å². The van der Waals surface area contributed by atoms with Crippen LogP contribution in [0.25, 0.3) is 11.3 Å². The van der Waals surface area contributed by atoms with E-state index in [1.54, 1.807) is 12.1 Å². The first-order chi connectivity index (χ1) is 11.7. The number of fused-ring (bicyclic) bond motifs is 1. The normalized spacial score (nSPS) is 14.6. The molecule has 0 unspecified atom stereocenters. The first-order valence-corrected chi connectivity index (χ1v) is 8.77. The van der Waals surface area contributed by atoms with Gasteiger partial charge in [0.25, 0.3) is 0 Å². The zero-order chi connectivity index (χ0) is 16.5. The molecule has 0 fully saturated rings. The lowest BCUT2D eigenvalue weighted by molar-refractivity contribution is 0.204. The van der Waals surface area contributed by atoms with Crippen molar-refractivity contribution < 1.29 is 4.39 Å². The zero-order valence-corrected chi connectivity index (χ0v) is 14.7. The number of aromatic nitrogens is 2. The van der Waals surface area contributed by atoms with Gasteiger partial charge in [0.15, 0.2) is 0 Å². The fourth-order valence-electron chi connectivity index (χ4n) is 3.11. The molecule has 1 aliphatic rings. The topological polar surface area (TPSA) is 21.1 Å². The van der Waals surface area contributed by atoms with Crippen molar-refractivity contribution in [2.45, 2.75) is 19.6 Å². The van der Waals surface area contributed by atoms with Gasteiger partial charge in [-0.15, -0.1) is 0 Å². The summed E-state index contributed by atoms with van der Waals surface area (Å²) in [6.07, 6.45) is 0. The Hall–Kier alpha value is -1.98. The highest BCUT2D eigenvalue weighted by atomic mass is 79.9. The van der Waals surface area contributed by atoms with Gasteiger partial charge in [-0.3, -0.25) is 9.58 Å². The smallest absolute Gasteiger partial charge is 0.123 e. The number of rotatable bonds is 3. The van der Waals surface area contributed by atoms with Gasteiger partial charge >= 0.3 is 0 Å². The van der Waals surface area contributed by atoms with E-state index >= 15 is 0 Å². The van der Waals surface area contributed by atoms with E-state index in [9.17, 15) is 4.39 Å². The molecule has 5 heteroatoms. The van der Waals surface area contributed by atoms with E-state index in [0.717, 1.165) is 41.9 Å². The second-order valence-electron chi connectivity index (χ2n) is 6.04. The van der Waals surface area contributed by atoms with E-state index in [2.05, 4.69) is 49.8 Å². The van der Waals surface area contributed by atoms with Crippen LogP contribution in [0.4, 0.5) is 4.39 Å². The van der Waals surface area contributed by atoms with Crippen molar-refractivity contribution in [3.05, 3.63) is 76.1 Å². The molecule has 0 N–H and O–H groups in total. The van der Waals surface area contributed by atoms with Crippen LogP contribution in [0.1, 0.15) is 11.3 Å². The summed E-state index contributed by atoms with van der Waals surface area (Å²) in [5, 5.41) is 4.71. The standard InChI is InChI=1S/C19H17BrFN3/c20-18-17-13-23(12-14-4-2-1-3-5-14)10-11-24(17)22-19(18)15-6-8-16(21)9-7-15/h1-9H,10-13H2. The molecule has 24 heavy (non-hydrogen) atoms. The Balaban J connectivity index is 1.59. The van der Waals surface area contributed by atoms with Crippen LogP contribution in [0.15, 0.2) is 59.1 Å². The number of hydrogen-bond acceptors (Lipinski definition) is 2. The van der Waals surface area contributed by atoms with Crippen molar-refractivity contribution in [2.24, 2.45) is 0 Å². The SMILES string of the molecule is Fc1ccc(-c2nn3c(c2Br)CN(Cc2ccccc2)CC3)cc1. The molecule has 0 amide bonds. The fourth-order valence-corrected chi connectivity index (χ4v) is 3.75. The summed E-state index contributed by atoms with van der Waals surface area (Å²) in [6, 6.07) is 17.0. The minimum absolute atomic E-state index is 0.229. The molecule has 0 saturated carbocycles. The molecule has 4 rings (SSSR count). The Morgan fingerprint density at radius 1 is 1.00 bits per heavy atom. The average molecular weight is 386 g/mol. The molecular weight excluding hydrogens is 369 g/mol. The van der Waals surface area contributed by atoms with E-state index in [0.29, 0.717) is 0 Å². The largest absolute Gasteiger partial charge is 0.291 e. The lowest BCUT2D eigenvalue weighted by Crippen LogP contribution is -2.33. The van der Waals surface area contributed by atoms with Crippen LogP contribution in [0.2, 0.25) is 0 Å². The van der Waals surface area contributed by atoms with Gasteiger partial charge in [0, 0.05) is 25.2 Å². The fraction of sp³-hybridized carbons (Fsp3) is 0.211. The van der Waals surface area contributed by atoms with Crippen LogP contribution in [0.3, 0.4) is 0 Å². The van der Waals surface area contributed by atoms with Crippen molar-refractivity contribution in [2.75, 3.05) is 6.54 Å². The van der Waals surface area contributed by atoms with Gasteiger partial charge in [0.2, 0.25) is 0 Å². The van der Waals surface area contributed by atoms with Gasteiger partial charge in [0.05, 0.1) is 16.7 Å². The Morgan fingerprint density at radius 3 is 2.50 bits per heavy atom. The Kier molecular flexibility index (Phi) is 4.21. The maximum absolute atomic E-state index is 13.1. The first kappa shape index (κ1) is 15.5. The van der Waals surface area contributed by atoms with Gasteiger partial charge in [-0.05, 0) is 45.8 Å². The number of nitrogens with zero attached hydrogens (tertiary/aromatic N) is 3. The maximum Gasteiger partial charge on any atom is 0.123 e. The van der Waals surface area contributed by atoms with Crippen LogP contribution < -0.4 is 0 Å². The molecule has 1 aromatic heterocycles. The molecule has 0 radical (unpaired) electrons. The van der Waals surface area contributed by atoms with E-state index in [1.807, 2.05) is 6.07 Å². The summed E-state index contributed by atoms with van der Waals surface area (Å²) in [4.78, 5) is 2.42. The Labute approximate surface area is 148 Å². The predicted octanol–water partition coefficient (Wildman–Crippen LogP) is 4.47. The molecule has 3 aromatic rings. The summed E-state index contributed by atoms with van der Waals surface area (Å²) in [5.41, 5.74) is 4.31. The molecule has 3 nitrogen and oxygen atoms in total. The second-order valence-corrected chi connectivity index (χ2v) is 6.83. The van der Waals surface area contributed by atoms with Gasteiger partial charge < -0.3 is 0 Å². The van der Waals surface area contributed by atoms with Crippen molar-refractivity contribution in [1.29, 1.82) is 0 Å². The molecule has 1 aliphatic heterocycles. The van der Waals surface area contributed by atoms with E-state index in [4.69, 9.17) is 5.10 Å². The van der Waals surface area contributed by atoms with E-state index < -0.39 is 0 Å². The zero-order valence-electron chi connectivity index (χ0n) is 13.1. The summed E-state index contributed by atoms with van der Waals surface area (Å²) < 4.78 is 16.2. The maximum atomic E-state index is 13.1. The molecule has 0 spiro atoms. The Morgan fingerprint density at radius 2 is 1.75 bits per heavy atom. The van der Waals surface area contributed by atoms with Gasteiger partial charge in [-0.2, -0.15) is 5.10 Å². The lowest BCUT2D eigenvalue weighted by Gasteiger charge is -2.27. The van der Waals surface area contributed by atoms with Crippen molar-refractivity contribution in [3.63, 3.8) is 0 Å². The average Bonchev–Trinajstić information content (AvgIpc) is 2.93. The van der Waals surface area contributed by atoms with Gasteiger partial charge in [0.1, 0.15) is 11.5 Å². The van der Waals surface area contributed by atoms with E-state index in [-0.39, 0.29) is 5.82 Å². The minimum atomic E-state index is -0.229.